The third-order valence-electron chi connectivity index (χ3n) is 5.65. The first kappa shape index (κ1) is 23.8. The van der Waals surface area contributed by atoms with Gasteiger partial charge in [-0.1, -0.05) is 55.1 Å². The third kappa shape index (κ3) is 5.08. The van der Waals surface area contributed by atoms with Crippen LogP contribution in [0.5, 0.6) is 5.75 Å². The molecule has 0 N–H and O–H groups in total. The zero-order valence-corrected chi connectivity index (χ0v) is 18.8. The number of benzene rings is 3. The van der Waals surface area contributed by atoms with Gasteiger partial charge in [0.2, 0.25) is 5.82 Å². The molecule has 34 heavy (non-hydrogen) atoms. The smallest absolute Gasteiger partial charge is 0.201 e. The summed E-state index contributed by atoms with van der Waals surface area (Å²) in [6, 6.07) is 14.5. The molecule has 6 heteroatoms. The van der Waals surface area contributed by atoms with E-state index in [1.165, 1.54) is 24.3 Å². The lowest BCUT2D eigenvalue weighted by molar-refractivity contribution is -0.159. The van der Waals surface area contributed by atoms with Crippen molar-refractivity contribution in [2.24, 2.45) is 0 Å². The molecular weight excluding hydrogens is 441 g/mol. The SMILES string of the molecule is C=CCOc1ccc(-c2ccc(-c3ccc(C4COC(C=CC)OC4)cc3F)cc2)c(F)c1F. The van der Waals surface area contributed by atoms with E-state index in [-0.39, 0.29) is 35.9 Å². The van der Waals surface area contributed by atoms with Crippen molar-refractivity contribution in [3.8, 4) is 28.0 Å². The largest absolute Gasteiger partial charge is 0.486 e. The van der Waals surface area contributed by atoms with Gasteiger partial charge in [0, 0.05) is 17.0 Å². The summed E-state index contributed by atoms with van der Waals surface area (Å²) in [6.07, 6.45) is 4.78. The molecule has 0 atom stereocenters. The molecule has 1 fully saturated rings. The molecule has 0 spiro atoms. The first-order chi connectivity index (χ1) is 16.5. The van der Waals surface area contributed by atoms with Gasteiger partial charge < -0.3 is 14.2 Å². The van der Waals surface area contributed by atoms with Crippen molar-refractivity contribution in [2.75, 3.05) is 19.8 Å². The highest BCUT2D eigenvalue weighted by molar-refractivity contribution is 5.71. The predicted molar refractivity (Wildman–Crippen MR) is 126 cm³/mol. The highest BCUT2D eigenvalue weighted by atomic mass is 19.2. The van der Waals surface area contributed by atoms with Crippen molar-refractivity contribution in [2.45, 2.75) is 19.1 Å². The summed E-state index contributed by atoms with van der Waals surface area (Å²) in [5.74, 6) is -2.66. The molecule has 4 rings (SSSR count). The Kier molecular flexibility index (Phi) is 7.50. The molecule has 1 aliphatic rings. The Bertz CT molecular complexity index is 1180. The molecule has 1 heterocycles. The zero-order chi connectivity index (χ0) is 24.1. The van der Waals surface area contributed by atoms with Crippen molar-refractivity contribution >= 4 is 0 Å². The van der Waals surface area contributed by atoms with Crippen LogP contribution in [-0.4, -0.2) is 26.1 Å². The van der Waals surface area contributed by atoms with Crippen molar-refractivity contribution in [3.63, 3.8) is 0 Å². The van der Waals surface area contributed by atoms with Gasteiger partial charge in [0.15, 0.2) is 17.9 Å². The lowest BCUT2D eigenvalue weighted by Gasteiger charge is -2.28. The van der Waals surface area contributed by atoms with Crippen LogP contribution in [0.2, 0.25) is 0 Å². The standard InChI is InChI=1S/C28H25F3O3/c1-3-5-26-33-16-21(17-34-26)20-10-11-22(24(29)15-20)18-6-8-19(9-7-18)23-12-13-25(32-14-4-2)28(31)27(23)30/h3-13,15,21,26H,2,14,16-17H2,1H3. The number of hydrogen-bond acceptors (Lipinski definition) is 3. The van der Waals surface area contributed by atoms with E-state index < -0.39 is 11.6 Å². The maximum atomic E-state index is 15.0. The fourth-order valence-corrected chi connectivity index (χ4v) is 3.84. The fourth-order valence-electron chi connectivity index (χ4n) is 3.84. The fraction of sp³-hybridized carbons (Fsp3) is 0.214. The normalized spacial score (nSPS) is 18.2. The summed E-state index contributed by atoms with van der Waals surface area (Å²) in [6.45, 7) is 6.35. The van der Waals surface area contributed by atoms with Crippen LogP contribution in [0, 0.1) is 17.5 Å². The molecule has 3 nitrogen and oxygen atoms in total. The van der Waals surface area contributed by atoms with Crippen LogP contribution in [-0.2, 0) is 9.47 Å². The third-order valence-corrected chi connectivity index (χ3v) is 5.65. The average molecular weight is 466 g/mol. The highest BCUT2D eigenvalue weighted by Crippen LogP contribution is 2.33. The molecule has 0 radical (unpaired) electrons. The summed E-state index contributed by atoms with van der Waals surface area (Å²) in [7, 11) is 0. The van der Waals surface area contributed by atoms with Crippen LogP contribution < -0.4 is 4.74 Å². The van der Waals surface area contributed by atoms with Crippen LogP contribution in [0.1, 0.15) is 18.4 Å². The summed E-state index contributed by atoms with van der Waals surface area (Å²) >= 11 is 0. The van der Waals surface area contributed by atoms with Crippen molar-refractivity contribution in [3.05, 3.63) is 102 Å². The summed E-state index contributed by atoms with van der Waals surface area (Å²) in [5, 5.41) is 0. The van der Waals surface area contributed by atoms with E-state index in [2.05, 4.69) is 6.58 Å². The molecule has 0 unspecified atom stereocenters. The molecule has 0 amide bonds. The van der Waals surface area contributed by atoms with Gasteiger partial charge in [0.25, 0.3) is 0 Å². The lowest BCUT2D eigenvalue weighted by Crippen LogP contribution is -2.29. The van der Waals surface area contributed by atoms with E-state index >= 15 is 0 Å². The molecule has 1 aliphatic heterocycles. The Hall–Kier alpha value is -3.35. The molecule has 3 aromatic rings. The van der Waals surface area contributed by atoms with E-state index in [1.54, 1.807) is 30.3 Å². The van der Waals surface area contributed by atoms with Gasteiger partial charge in [-0.2, -0.15) is 4.39 Å². The van der Waals surface area contributed by atoms with Crippen LogP contribution in [0.15, 0.2) is 79.4 Å². The maximum absolute atomic E-state index is 15.0. The van der Waals surface area contributed by atoms with Gasteiger partial charge in [-0.05, 0) is 47.9 Å². The number of ether oxygens (including phenoxy) is 3. The second-order valence-corrected chi connectivity index (χ2v) is 7.91. The Labute approximate surface area is 197 Å². The van der Waals surface area contributed by atoms with Crippen LogP contribution in [0.4, 0.5) is 13.2 Å². The van der Waals surface area contributed by atoms with Gasteiger partial charge in [0.05, 0.1) is 13.2 Å². The number of allylic oxidation sites excluding steroid dienone is 1. The highest BCUT2D eigenvalue weighted by Gasteiger charge is 2.23. The molecule has 0 aliphatic carbocycles. The molecule has 0 aromatic heterocycles. The predicted octanol–water partition coefficient (Wildman–Crippen LogP) is 7.04. The van der Waals surface area contributed by atoms with E-state index in [0.29, 0.717) is 29.9 Å². The van der Waals surface area contributed by atoms with Crippen LogP contribution in [0.3, 0.4) is 0 Å². The van der Waals surface area contributed by atoms with Crippen LogP contribution in [0.25, 0.3) is 22.3 Å². The molecule has 0 bridgehead atoms. The second-order valence-electron chi connectivity index (χ2n) is 7.91. The molecule has 1 saturated heterocycles. The number of hydrogen-bond donors (Lipinski definition) is 0. The van der Waals surface area contributed by atoms with Gasteiger partial charge >= 0.3 is 0 Å². The summed E-state index contributed by atoms with van der Waals surface area (Å²) in [4.78, 5) is 0. The first-order valence-corrected chi connectivity index (χ1v) is 11.0. The topological polar surface area (TPSA) is 27.7 Å². The summed E-state index contributed by atoms with van der Waals surface area (Å²) in [5.41, 5.74) is 2.41. The number of rotatable bonds is 7. The van der Waals surface area contributed by atoms with Crippen molar-refractivity contribution < 1.29 is 27.4 Å². The van der Waals surface area contributed by atoms with E-state index in [4.69, 9.17) is 14.2 Å². The maximum Gasteiger partial charge on any atom is 0.201 e. The minimum Gasteiger partial charge on any atom is -0.486 e. The first-order valence-electron chi connectivity index (χ1n) is 11.0. The number of halogens is 3. The van der Waals surface area contributed by atoms with Gasteiger partial charge in [-0.3, -0.25) is 0 Å². The van der Waals surface area contributed by atoms with E-state index in [9.17, 15) is 13.2 Å². The second kappa shape index (κ2) is 10.7. The van der Waals surface area contributed by atoms with Gasteiger partial charge in [-0.25, -0.2) is 8.78 Å². The van der Waals surface area contributed by atoms with Crippen LogP contribution >= 0.6 is 0 Å². The monoisotopic (exact) mass is 466 g/mol. The molecule has 176 valence electrons. The molecule has 0 saturated carbocycles. The quantitative estimate of drug-likeness (QED) is 0.350. The van der Waals surface area contributed by atoms with E-state index in [0.717, 1.165) is 5.56 Å². The average Bonchev–Trinajstić information content (AvgIpc) is 2.86. The summed E-state index contributed by atoms with van der Waals surface area (Å²) < 4.78 is 60.3. The van der Waals surface area contributed by atoms with Gasteiger partial charge in [0.1, 0.15) is 12.4 Å². The zero-order valence-electron chi connectivity index (χ0n) is 18.8. The Balaban J connectivity index is 1.51. The van der Waals surface area contributed by atoms with Crippen molar-refractivity contribution in [1.29, 1.82) is 0 Å². The molecular formula is C28H25F3O3. The van der Waals surface area contributed by atoms with Gasteiger partial charge in [-0.15, -0.1) is 0 Å². The van der Waals surface area contributed by atoms with Crippen molar-refractivity contribution in [1.82, 2.24) is 0 Å². The lowest BCUT2D eigenvalue weighted by atomic mass is 9.95. The Morgan fingerprint density at radius 3 is 2.18 bits per heavy atom. The minimum absolute atomic E-state index is 0.0521. The Morgan fingerprint density at radius 2 is 1.56 bits per heavy atom. The Morgan fingerprint density at radius 1 is 0.912 bits per heavy atom. The van der Waals surface area contributed by atoms with E-state index in [1.807, 2.05) is 25.1 Å². The molecule has 3 aromatic carbocycles. The minimum atomic E-state index is -1.06.